The summed E-state index contributed by atoms with van der Waals surface area (Å²) in [5.41, 5.74) is -0.300. The van der Waals surface area contributed by atoms with Gasteiger partial charge in [-0.2, -0.15) is 0 Å². The molecule has 0 aromatic heterocycles. The summed E-state index contributed by atoms with van der Waals surface area (Å²) >= 11 is 0. The predicted octanol–water partition coefficient (Wildman–Crippen LogP) is 2.11. The summed E-state index contributed by atoms with van der Waals surface area (Å²) in [6.07, 6.45) is 0. The van der Waals surface area contributed by atoms with E-state index in [0.29, 0.717) is 10.8 Å². The number of benzene rings is 2. The van der Waals surface area contributed by atoms with Gasteiger partial charge in [0.2, 0.25) is 0 Å². The topological polar surface area (TPSA) is 113 Å². The second-order valence-corrected chi connectivity index (χ2v) is 3.14. The lowest BCUT2D eigenvalue weighted by Gasteiger charge is -2.06. The van der Waals surface area contributed by atoms with Crippen LogP contribution in [0, 0.1) is 0 Å². The number of phenols is 2. The fourth-order valence-corrected chi connectivity index (χ4v) is 1.50. The van der Waals surface area contributed by atoms with E-state index >= 15 is 0 Å². The summed E-state index contributed by atoms with van der Waals surface area (Å²) in [4.78, 5) is 10.7. The number of carboxylic acid groups (broad SMARTS) is 1. The molecule has 0 bridgehead atoms. The molecule has 0 aliphatic heterocycles. The highest BCUT2D eigenvalue weighted by Gasteiger charge is 2.15. The number of carbonyl (C=O) groups is 1. The highest BCUT2D eigenvalue weighted by molar-refractivity contribution is 6.02. The van der Waals surface area contributed by atoms with Crippen LogP contribution in [0.25, 0.3) is 10.8 Å². The Bertz CT molecular complexity index is 551. The molecule has 0 aliphatic carbocycles. The highest BCUT2D eigenvalue weighted by atomic mass is 16.4. The third-order valence-corrected chi connectivity index (χ3v) is 2.22. The first-order valence-electron chi connectivity index (χ1n) is 4.28. The SMILES string of the molecule is N.O=C(O)c1cc(O)c2ccccc2c1O. The van der Waals surface area contributed by atoms with Crippen molar-refractivity contribution in [1.82, 2.24) is 6.15 Å². The zero-order chi connectivity index (χ0) is 11.0. The number of rotatable bonds is 1. The van der Waals surface area contributed by atoms with Crippen LogP contribution in [0.1, 0.15) is 10.4 Å². The molecule has 2 aromatic rings. The van der Waals surface area contributed by atoms with E-state index in [1.807, 2.05) is 0 Å². The van der Waals surface area contributed by atoms with Crippen LogP contribution in [-0.4, -0.2) is 21.3 Å². The van der Waals surface area contributed by atoms with Crippen molar-refractivity contribution in [3.8, 4) is 11.5 Å². The molecule has 2 rings (SSSR count). The first-order valence-corrected chi connectivity index (χ1v) is 4.28. The number of fused-ring (bicyclic) bond motifs is 1. The average Bonchev–Trinajstić information content (AvgIpc) is 2.23. The van der Waals surface area contributed by atoms with Crippen molar-refractivity contribution in [2.45, 2.75) is 0 Å². The molecule has 0 saturated heterocycles. The van der Waals surface area contributed by atoms with E-state index in [9.17, 15) is 15.0 Å². The Morgan fingerprint density at radius 2 is 1.62 bits per heavy atom. The molecule has 0 saturated carbocycles. The highest BCUT2D eigenvalue weighted by Crippen LogP contribution is 2.34. The quantitative estimate of drug-likeness (QED) is 0.551. The molecule has 6 N–H and O–H groups in total. The molecule has 5 nitrogen and oxygen atoms in total. The molecular formula is C11H11NO4. The van der Waals surface area contributed by atoms with Gasteiger partial charge in [-0.05, 0) is 6.07 Å². The van der Waals surface area contributed by atoms with Crippen molar-refractivity contribution in [3.05, 3.63) is 35.9 Å². The van der Waals surface area contributed by atoms with Gasteiger partial charge in [0.15, 0.2) is 0 Å². The maximum atomic E-state index is 10.7. The Morgan fingerprint density at radius 3 is 2.19 bits per heavy atom. The van der Waals surface area contributed by atoms with E-state index in [0.717, 1.165) is 6.07 Å². The van der Waals surface area contributed by atoms with Gasteiger partial charge in [0, 0.05) is 10.8 Å². The van der Waals surface area contributed by atoms with Crippen LogP contribution < -0.4 is 6.15 Å². The van der Waals surface area contributed by atoms with E-state index in [1.54, 1.807) is 24.3 Å². The summed E-state index contributed by atoms with van der Waals surface area (Å²) < 4.78 is 0. The third-order valence-electron chi connectivity index (χ3n) is 2.22. The summed E-state index contributed by atoms with van der Waals surface area (Å²) in [7, 11) is 0. The summed E-state index contributed by atoms with van der Waals surface area (Å²) in [5.74, 6) is -1.75. The molecule has 0 spiro atoms. The summed E-state index contributed by atoms with van der Waals surface area (Å²) in [5, 5.41) is 28.7. The second kappa shape index (κ2) is 4.08. The molecule has 16 heavy (non-hydrogen) atoms. The van der Waals surface area contributed by atoms with Gasteiger partial charge in [0.1, 0.15) is 17.1 Å². The number of hydrogen-bond donors (Lipinski definition) is 4. The van der Waals surface area contributed by atoms with Gasteiger partial charge in [-0.15, -0.1) is 0 Å². The standard InChI is InChI=1S/C11H8O4.H3N/c12-9-5-8(11(14)15)10(13)7-4-2-1-3-6(7)9;/h1-5,12-13H,(H,14,15);1H3. The van der Waals surface area contributed by atoms with Crippen LogP contribution in [0.3, 0.4) is 0 Å². The van der Waals surface area contributed by atoms with Gasteiger partial charge in [-0.1, -0.05) is 24.3 Å². The summed E-state index contributed by atoms with van der Waals surface area (Å²) in [6, 6.07) is 7.56. The van der Waals surface area contributed by atoms with E-state index in [-0.39, 0.29) is 23.2 Å². The van der Waals surface area contributed by atoms with Gasteiger partial charge in [0.25, 0.3) is 0 Å². The number of hydrogen-bond acceptors (Lipinski definition) is 4. The van der Waals surface area contributed by atoms with E-state index in [2.05, 4.69) is 0 Å². The molecule has 84 valence electrons. The zero-order valence-electron chi connectivity index (χ0n) is 8.34. The lowest BCUT2D eigenvalue weighted by molar-refractivity contribution is 0.0693. The van der Waals surface area contributed by atoms with Gasteiger partial charge in [-0.25, -0.2) is 4.79 Å². The molecule has 0 heterocycles. The molecule has 5 heteroatoms. The minimum absolute atomic E-state index is 0. The predicted molar refractivity (Wildman–Crippen MR) is 59.3 cm³/mol. The Hall–Kier alpha value is -2.27. The minimum atomic E-state index is -1.27. The fourth-order valence-electron chi connectivity index (χ4n) is 1.50. The van der Waals surface area contributed by atoms with Crippen molar-refractivity contribution < 1.29 is 20.1 Å². The van der Waals surface area contributed by atoms with E-state index < -0.39 is 5.97 Å². The number of aromatic carboxylic acids is 1. The molecule has 0 fully saturated rings. The van der Waals surface area contributed by atoms with E-state index in [4.69, 9.17) is 5.11 Å². The van der Waals surface area contributed by atoms with Crippen LogP contribution in [0.5, 0.6) is 11.5 Å². The van der Waals surface area contributed by atoms with Gasteiger partial charge in [-0.3, -0.25) is 0 Å². The number of aromatic hydroxyl groups is 2. The molecule has 0 amide bonds. The molecule has 0 unspecified atom stereocenters. The maximum Gasteiger partial charge on any atom is 0.339 e. The lowest BCUT2D eigenvalue weighted by atomic mass is 10.0. The van der Waals surface area contributed by atoms with Crippen molar-refractivity contribution >= 4 is 16.7 Å². The maximum absolute atomic E-state index is 10.7. The van der Waals surface area contributed by atoms with Crippen molar-refractivity contribution in [3.63, 3.8) is 0 Å². The molecular weight excluding hydrogens is 210 g/mol. The average molecular weight is 221 g/mol. The largest absolute Gasteiger partial charge is 0.507 e. The molecule has 0 aliphatic rings. The minimum Gasteiger partial charge on any atom is -0.507 e. The normalized spacial score (nSPS) is 9.75. The van der Waals surface area contributed by atoms with Gasteiger partial charge in [0.05, 0.1) is 0 Å². The Morgan fingerprint density at radius 1 is 1.06 bits per heavy atom. The van der Waals surface area contributed by atoms with Crippen LogP contribution in [0.4, 0.5) is 0 Å². The monoisotopic (exact) mass is 221 g/mol. The van der Waals surface area contributed by atoms with Gasteiger partial charge >= 0.3 is 5.97 Å². The summed E-state index contributed by atoms with van der Waals surface area (Å²) in [6.45, 7) is 0. The smallest absolute Gasteiger partial charge is 0.339 e. The van der Waals surface area contributed by atoms with Crippen molar-refractivity contribution in [1.29, 1.82) is 0 Å². The van der Waals surface area contributed by atoms with Crippen LogP contribution in [0.15, 0.2) is 30.3 Å². The first kappa shape index (κ1) is 11.8. The van der Waals surface area contributed by atoms with Crippen LogP contribution in [-0.2, 0) is 0 Å². The molecule has 0 atom stereocenters. The molecule has 2 aromatic carbocycles. The Balaban J connectivity index is 0.00000128. The van der Waals surface area contributed by atoms with Crippen LogP contribution in [0.2, 0.25) is 0 Å². The fraction of sp³-hybridized carbons (Fsp3) is 0. The van der Waals surface area contributed by atoms with Gasteiger partial charge < -0.3 is 21.5 Å². The Kier molecular flexibility index (Phi) is 3.01. The third kappa shape index (κ3) is 1.64. The second-order valence-electron chi connectivity index (χ2n) is 3.14. The first-order chi connectivity index (χ1) is 7.11. The zero-order valence-corrected chi connectivity index (χ0v) is 8.34. The number of carboxylic acids is 1. The van der Waals surface area contributed by atoms with E-state index in [1.165, 1.54) is 0 Å². The Labute approximate surface area is 91.2 Å². The van der Waals surface area contributed by atoms with Crippen LogP contribution >= 0.6 is 0 Å². The molecule has 0 radical (unpaired) electrons. The van der Waals surface area contributed by atoms with Crippen molar-refractivity contribution in [2.24, 2.45) is 0 Å². The van der Waals surface area contributed by atoms with Crippen molar-refractivity contribution in [2.75, 3.05) is 0 Å². The number of phenolic OH excluding ortho intramolecular Hbond substituents is 1. The lowest BCUT2D eigenvalue weighted by Crippen LogP contribution is -1.97.